The molecule has 0 N–H and O–H groups in total. The Hall–Kier alpha value is -0.860. The first-order chi connectivity index (χ1) is 5.43. The third-order valence-corrected chi connectivity index (χ3v) is 2.16. The van der Waals surface area contributed by atoms with E-state index in [1.807, 2.05) is 32.0 Å². The molecular weight excluding hydrogens is 150 g/mol. The molecule has 0 saturated heterocycles. The van der Waals surface area contributed by atoms with Crippen molar-refractivity contribution in [2.45, 2.75) is 13.8 Å². The van der Waals surface area contributed by atoms with Crippen LogP contribution in [0.25, 0.3) is 0 Å². The Labute approximate surface area is 73.6 Å². The Morgan fingerprint density at radius 3 is 2.17 bits per heavy atom. The molecule has 0 aliphatic carbocycles. The molecule has 0 heterocycles. The Morgan fingerprint density at radius 1 is 1.17 bits per heavy atom. The Morgan fingerprint density at radius 2 is 1.75 bits per heavy atom. The number of nitrogens with zero attached hydrogens (tertiary/aromatic N) is 1. The predicted octanol–water partition coefficient (Wildman–Crippen LogP) is 2.37. The second-order valence-corrected chi connectivity index (χ2v) is 3.57. The van der Waals surface area contributed by atoms with Crippen LogP contribution in [0.1, 0.15) is 11.1 Å². The summed E-state index contributed by atoms with van der Waals surface area (Å²) in [4.78, 5) is 0. The monoisotopic (exact) mass is 165 g/mol. The molecule has 66 valence electrons. The van der Waals surface area contributed by atoms with Crippen molar-refractivity contribution in [3.05, 3.63) is 34.5 Å². The molecule has 1 rings (SSSR count). The van der Waals surface area contributed by atoms with Crippen LogP contribution in [-0.2, 0) is 0 Å². The first-order valence-corrected chi connectivity index (χ1v) is 4.04. The maximum absolute atomic E-state index is 11.6. The lowest BCUT2D eigenvalue weighted by molar-refractivity contribution is 0.540. The van der Waals surface area contributed by atoms with Crippen LogP contribution in [0.15, 0.2) is 18.2 Å². The highest BCUT2D eigenvalue weighted by molar-refractivity contribution is 5.52. The third kappa shape index (κ3) is 1.65. The van der Waals surface area contributed by atoms with E-state index in [2.05, 4.69) is 0 Å². The van der Waals surface area contributed by atoms with E-state index in [0.717, 1.165) is 11.3 Å². The van der Waals surface area contributed by atoms with E-state index in [-0.39, 0.29) is 4.65 Å². The van der Waals surface area contributed by atoms with Gasteiger partial charge in [-0.2, -0.15) is 0 Å². The minimum Gasteiger partial charge on any atom is -0.628 e. The van der Waals surface area contributed by atoms with Crippen molar-refractivity contribution in [1.82, 2.24) is 4.65 Å². The predicted molar refractivity (Wildman–Crippen MR) is 52.9 cm³/mol. The normalized spacial score (nSPS) is 11.8. The lowest BCUT2D eigenvalue weighted by atomic mass is 10.1. The number of hydrogen-bond acceptors (Lipinski definition) is 1. The summed E-state index contributed by atoms with van der Waals surface area (Å²) in [6.07, 6.45) is 0. The number of benzene rings is 1. The van der Waals surface area contributed by atoms with Gasteiger partial charge < -0.3 is 9.85 Å². The van der Waals surface area contributed by atoms with Gasteiger partial charge in [-0.05, 0) is 25.5 Å². The van der Waals surface area contributed by atoms with Crippen molar-refractivity contribution in [3.63, 3.8) is 0 Å². The van der Waals surface area contributed by atoms with Gasteiger partial charge in [0, 0.05) is 5.56 Å². The van der Waals surface area contributed by atoms with Crippen LogP contribution in [0.5, 0.6) is 0 Å². The highest BCUT2D eigenvalue weighted by atomic mass is 16.5. The summed E-state index contributed by atoms with van der Waals surface area (Å²) < 4.78 is -0.354. The van der Waals surface area contributed by atoms with Gasteiger partial charge in [0.05, 0.1) is 14.1 Å². The average Bonchev–Trinajstić information content (AvgIpc) is 1.92. The summed E-state index contributed by atoms with van der Waals surface area (Å²) in [5, 5.41) is 11.6. The number of hydroxylamine groups is 2. The van der Waals surface area contributed by atoms with Crippen LogP contribution in [0.4, 0.5) is 5.69 Å². The smallest absolute Gasteiger partial charge is 0.135 e. The molecule has 0 fully saturated rings. The highest BCUT2D eigenvalue weighted by Gasteiger charge is 2.11. The van der Waals surface area contributed by atoms with Gasteiger partial charge >= 0.3 is 0 Å². The molecule has 0 atom stereocenters. The average molecular weight is 165 g/mol. The fraction of sp³-hybridized carbons (Fsp3) is 0.400. The summed E-state index contributed by atoms with van der Waals surface area (Å²) in [7, 11) is 3.28. The second kappa shape index (κ2) is 2.88. The van der Waals surface area contributed by atoms with Crippen molar-refractivity contribution >= 4 is 5.69 Å². The van der Waals surface area contributed by atoms with Crippen LogP contribution in [0.3, 0.4) is 0 Å². The second-order valence-electron chi connectivity index (χ2n) is 3.57. The van der Waals surface area contributed by atoms with Crippen LogP contribution in [0.2, 0.25) is 0 Å². The zero-order chi connectivity index (χ0) is 9.35. The molecule has 0 spiro atoms. The van der Waals surface area contributed by atoms with Gasteiger partial charge in [-0.25, -0.2) is 0 Å². The third-order valence-electron chi connectivity index (χ3n) is 2.16. The van der Waals surface area contributed by atoms with Crippen molar-refractivity contribution in [1.29, 1.82) is 0 Å². The SMILES string of the molecule is Cc1cccc([N+](C)(C)[O-])c1C. The molecular formula is C10H15NO. The van der Waals surface area contributed by atoms with Crippen LogP contribution < -0.4 is 4.65 Å². The standard InChI is InChI=1S/C10H15NO/c1-8-6-5-7-10(9(8)2)11(3,4)12/h5-7H,1-4H3. The molecule has 0 aliphatic rings. The molecule has 1 aromatic rings. The molecule has 0 amide bonds. The van der Waals surface area contributed by atoms with Crippen LogP contribution in [-0.4, -0.2) is 14.1 Å². The Balaban J connectivity index is 3.26. The fourth-order valence-corrected chi connectivity index (χ4v) is 1.32. The highest BCUT2D eigenvalue weighted by Crippen LogP contribution is 2.24. The number of aryl methyl sites for hydroxylation is 1. The van der Waals surface area contributed by atoms with Gasteiger partial charge in [-0.1, -0.05) is 12.1 Å². The van der Waals surface area contributed by atoms with Crippen molar-refractivity contribution in [2.75, 3.05) is 14.1 Å². The van der Waals surface area contributed by atoms with E-state index < -0.39 is 0 Å². The van der Waals surface area contributed by atoms with Crippen molar-refractivity contribution in [3.8, 4) is 0 Å². The molecule has 0 aliphatic heterocycles. The van der Waals surface area contributed by atoms with E-state index in [9.17, 15) is 5.21 Å². The molecule has 0 aromatic heterocycles. The molecule has 1 aromatic carbocycles. The van der Waals surface area contributed by atoms with E-state index in [0.29, 0.717) is 0 Å². The molecule has 12 heavy (non-hydrogen) atoms. The molecule has 2 nitrogen and oxygen atoms in total. The summed E-state index contributed by atoms with van der Waals surface area (Å²) >= 11 is 0. The lowest BCUT2D eigenvalue weighted by Crippen LogP contribution is -2.33. The maximum Gasteiger partial charge on any atom is 0.135 e. The molecule has 2 heteroatoms. The Kier molecular flexibility index (Phi) is 2.22. The topological polar surface area (TPSA) is 23.1 Å². The molecule has 0 saturated carbocycles. The number of quaternary nitrogens is 1. The molecule has 0 unspecified atom stereocenters. The van der Waals surface area contributed by atoms with Crippen LogP contribution >= 0.6 is 0 Å². The fourth-order valence-electron chi connectivity index (χ4n) is 1.32. The number of rotatable bonds is 1. The van der Waals surface area contributed by atoms with Gasteiger partial charge in [0.25, 0.3) is 0 Å². The van der Waals surface area contributed by atoms with E-state index in [1.54, 1.807) is 14.1 Å². The largest absolute Gasteiger partial charge is 0.628 e. The minimum absolute atomic E-state index is 0.354. The van der Waals surface area contributed by atoms with Crippen LogP contribution in [0, 0.1) is 19.1 Å². The Bertz CT molecular complexity index is 286. The maximum atomic E-state index is 11.6. The zero-order valence-corrected chi connectivity index (χ0v) is 8.09. The molecule has 0 bridgehead atoms. The van der Waals surface area contributed by atoms with Crippen molar-refractivity contribution in [2.24, 2.45) is 0 Å². The quantitative estimate of drug-likeness (QED) is 0.463. The summed E-state index contributed by atoms with van der Waals surface area (Å²) in [6, 6.07) is 5.83. The van der Waals surface area contributed by atoms with Gasteiger partial charge in [0.1, 0.15) is 5.69 Å². The first kappa shape index (κ1) is 9.23. The lowest BCUT2D eigenvalue weighted by Gasteiger charge is -2.34. The van der Waals surface area contributed by atoms with E-state index in [1.165, 1.54) is 5.56 Å². The van der Waals surface area contributed by atoms with E-state index >= 15 is 0 Å². The molecule has 0 radical (unpaired) electrons. The first-order valence-electron chi connectivity index (χ1n) is 4.04. The van der Waals surface area contributed by atoms with E-state index in [4.69, 9.17) is 0 Å². The minimum atomic E-state index is -0.354. The van der Waals surface area contributed by atoms with Gasteiger partial charge in [0.2, 0.25) is 0 Å². The summed E-state index contributed by atoms with van der Waals surface area (Å²) in [5.41, 5.74) is 3.11. The summed E-state index contributed by atoms with van der Waals surface area (Å²) in [5.74, 6) is 0. The zero-order valence-electron chi connectivity index (χ0n) is 8.09. The van der Waals surface area contributed by atoms with Gasteiger partial charge in [0.15, 0.2) is 0 Å². The van der Waals surface area contributed by atoms with Crippen molar-refractivity contribution < 1.29 is 0 Å². The van der Waals surface area contributed by atoms with Gasteiger partial charge in [-0.15, -0.1) is 0 Å². The summed E-state index contributed by atoms with van der Waals surface area (Å²) in [6.45, 7) is 4.01. The van der Waals surface area contributed by atoms with Gasteiger partial charge in [-0.3, -0.25) is 0 Å². The number of hydrogen-bond donors (Lipinski definition) is 0.